The van der Waals surface area contributed by atoms with Gasteiger partial charge in [-0.15, -0.1) is 0 Å². The highest BCUT2D eigenvalue weighted by Crippen LogP contribution is 2.21. The topological polar surface area (TPSA) is 55.8 Å². The highest BCUT2D eigenvalue weighted by Gasteiger charge is 2.16. The van der Waals surface area contributed by atoms with E-state index in [2.05, 4.69) is 0 Å². The molecule has 0 aromatic heterocycles. The van der Waals surface area contributed by atoms with Crippen LogP contribution in [0.15, 0.2) is 24.3 Å². The molecular formula is C15H22O4. The van der Waals surface area contributed by atoms with Crippen LogP contribution in [0, 0.1) is 0 Å². The van der Waals surface area contributed by atoms with E-state index >= 15 is 0 Å². The second-order valence-electron chi connectivity index (χ2n) is 5.44. The van der Waals surface area contributed by atoms with Crippen LogP contribution in [-0.4, -0.2) is 23.3 Å². The molecule has 1 aromatic carbocycles. The van der Waals surface area contributed by atoms with Crippen molar-refractivity contribution in [3.8, 4) is 5.75 Å². The van der Waals surface area contributed by atoms with Gasteiger partial charge in [-0.05, 0) is 45.4 Å². The maximum atomic E-state index is 11.5. The maximum Gasteiger partial charge on any atom is 0.308 e. The van der Waals surface area contributed by atoms with Crippen molar-refractivity contribution in [1.82, 2.24) is 0 Å². The first-order valence-electron chi connectivity index (χ1n) is 6.40. The van der Waals surface area contributed by atoms with E-state index in [9.17, 15) is 9.90 Å². The first-order valence-corrected chi connectivity index (χ1v) is 6.40. The SMILES string of the molecule is CC(OCCC(=O)OC(C)(C)C)c1cccc(O)c1. The lowest BCUT2D eigenvalue weighted by Crippen LogP contribution is -2.24. The summed E-state index contributed by atoms with van der Waals surface area (Å²) in [5.41, 5.74) is 0.415. The Morgan fingerprint density at radius 3 is 2.63 bits per heavy atom. The highest BCUT2D eigenvalue weighted by atomic mass is 16.6. The van der Waals surface area contributed by atoms with E-state index in [0.717, 1.165) is 5.56 Å². The molecular weight excluding hydrogens is 244 g/mol. The highest BCUT2D eigenvalue weighted by molar-refractivity contribution is 5.69. The molecule has 0 radical (unpaired) electrons. The standard InChI is InChI=1S/C15H22O4/c1-11(12-6-5-7-13(16)10-12)18-9-8-14(17)19-15(2,3)4/h5-7,10-11,16H,8-9H2,1-4H3. The lowest BCUT2D eigenvalue weighted by molar-refractivity contribution is -0.156. The molecule has 1 unspecified atom stereocenters. The quantitative estimate of drug-likeness (QED) is 0.831. The first-order chi connectivity index (χ1) is 8.78. The number of carbonyl (C=O) groups is 1. The summed E-state index contributed by atoms with van der Waals surface area (Å²) in [6, 6.07) is 6.89. The summed E-state index contributed by atoms with van der Waals surface area (Å²) in [6.45, 7) is 7.68. The predicted molar refractivity (Wildman–Crippen MR) is 72.9 cm³/mol. The molecule has 19 heavy (non-hydrogen) atoms. The van der Waals surface area contributed by atoms with Gasteiger partial charge in [0, 0.05) is 0 Å². The summed E-state index contributed by atoms with van der Waals surface area (Å²) in [5, 5.41) is 9.37. The van der Waals surface area contributed by atoms with Gasteiger partial charge >= 0.3 is 5.97 Å². The number of benzene rings is 1. The van der Waals surface area contributed by atoms with Crippen molar-refractivity contribution in [3.63, 3.8) is 0 Å². The van der Waals surface area contributed by atoms with Crippen molar-refractivity contribution in [2.24, 2.45) is 0 Å². The summed E-state index contributed by atoms with van der Waals surface area (Å²) in [6.07, 6.45) is 0.0509. The van der Waals surface area contributed by atoms with Crippen LogP contribution in [0.4, 0.5) is 0 Å². The predicted octanol–water partition coefficient (Wildman–Crippen LogP) is 3.20. The second-order valence-corrected chi connectivity index (χ2v) is 5.44. The van der Waals surface area contributed by atoms with Crippen LogP contribution in [0.2, 0.25) is 0 Å². The molecule has 0 bridgehead atoms. The first kappa shape index (κ1) is 15.5. The number of phenolic OH excluding ortho intramolecular Hbond substituents is 1. The monoisotopic (exact) mass is 266 g/mol. The van der Waals surface area contributed by atoms with Crippen LogP contribution in [0.1, 0.15) is 45.8 Å². The van der Waals surface area contributed by atoms with Crippen molar-refractivity contribution >= 4 is 5.97 Å². The number of ether oxygens (including phenoxy) is 2. The van der Waals surface area contributed by atoms with Gasteiger partial charge < -0.3 is 14.6 Å². The minimum Gasteiger partial charge on any atom is -0.508 e. The van der Waals surface area contributed by atoms with Gasteiger partial charge in [0.2, 0.25) is 0 Å². The number of rotatable bonds is 5. The number of aromatic hydroxyl groups is 1. The Balaban J connectivity index is 2.35. The molecule has 106 valence electrons. The van der Waals surface area contributed by atoms with Crippen molar-refractivity contribution in [3.05, 3.63) is 29.8 Å². The van der Waals surface area contributed by atoms with Gasteiger partial charge in [-0.25, -0.2) is 0 Å². The Kier molecular flexibility index (Phi) is 5.36. The molecule has 4 heteroatoms. The van der Waals surface area contributed by atoms with Crippen LogP contribution in [0.25, 0.3) is 0 Å². The minimum atomic E-state index is -0.464. The fourth-order valence-electron chi connectivity index (χ4n) is 1.59. The lowest BCUT2D eigenvalue weighted by Gasteiger charge is -2.20. The molecule has 1 N–H and O–H groups in total. The molecule has 0 fully saturated rings. The number of carbonyl (C=O) groups excluding carboxylic acids is 1. The van der Waals surface area contributed by atoms with Crippen LogP contribution >= 0.6 is 0 Å². The van der Waals surface area contributed by atoms with Crippen molar-refractivity contribution in [2.75, 3.05) is 6.61 Å². The molecule has 0 aliphatic carbocycles. The number of hydrogen-bond donors (Lipinski definition) is 1. The van der Waals surface area contributed by atoms with Gasteiger partial charge in [-0.2, -0.15) is 0 Å². The van der Waals surface area contributed by atoms with E-state index in [0.29, 0.717) is 6.61 Å². The molecule has 4 nitrogen and oxygen atoms in total. The van der Waals surface area contributed by atoms with Crippen LogP contribution in [0.5, 0.6) is 5.75 Å². The average molecular weight is 266 g/mol. The fraction of sp³-hybridized carbons (Fsp3) is 0.533. The third kappa shape index (κ3) is 6.25. The minimum absolute atomic E-state index is 0.172. The largest absolute Gasteiger partial charge is 0.508 e. The van der Waals surface area contributed by atoms with E-state index in [1.165, 1.54) is 0 Å². The van der Waals surface area contributed by atoms with Gasteiger partial charge in [0.05, 0.1) is 19.1 Å². The Morgan fingerprint density at radius 1 is 1.37 bits per heavy atom. The Labute approximate surface area is 114 Å². The maximum absolute atomic E-state index is 11.5. The molecule has 0 heterocycles. The molecule has 0 saturated carbocycles. The van der Waals surface area contributed by atoms with E-state index < -0.39 is 5.60 Å². The van der Waals surface area contributed by atoms with Crippen LogP contribution in [-0.2, 0) is 14.3 Å². The number of hydrogen-bond acceptors (Lipinski definition) is 4. The van der Waals surface area contributed by atoms with Gasteiger partial charge in [0.15, 0.2) is 0 Å². The zero-order valence-electron chi connectivity index (χ0n) is 12.0. The number of phenols is 1. The van der Waals surface area contributed by atoms with Crippen molar-refractivity contribution in [1.29, 1.82) is 0 Å². The molecule has 1 rings (SSSR count). The van der Waals surface area contributed by atoms with E-state index in [1.54, 1.807) is 18.2 Å². The average Bonchev–Trinajstić information content (AvgIpc) is 2.26. The number of esters is 1. The molecule has 0 aliphatic rings. The molecule has 1 atom stereocenters. The Morgan fingerprint density at radius 2 is 2.05 bits per heavy atom. The van der Waals surface area contributed by atoms with Gasteiger partial charge in [0.25, 0.3) is 0 Å². The molecule has 0 saturated heterocycles. The zero-order valence-corrected chi connectivity index (χ0v) is 12.0. The van der Waals surface area contributed by atoms with E-state index in [4.69, 9.17) is 9.47 Å². The van der Waals surface area contributed by atoms with Crippen molar-refractivity contribution in [2.45, 2.75) is 45.8 Å². The zero-order chi connectivity index (χ0) is 14.5. The summed E-state index contributed by atoms with van der Waals surface area (Å²) in [4.78, 5) is 11.5. The smallest absolute Gasteiger partial charge is 0.308 e. The van der Waals surface area contributed by atoms with Crippen LogP contribution < -0.4 is 0 Å². The van der Waals surface area contributed by atoms with Crippen LogP contribution in [0.3, 0.4) is 0 Å². The Bertz CT molecular complexity index is 420. The van der Waals surface area contributed by atoms with E-state index in [-0.39, 0.29) is 24.2 Å². The molecule has 0 amide bonds. The fourth-order valence-corrected chi connectivity index (χ4v) is 1.59. The summed E-state index contributed by atoms with van der Waals surface area (Å²) >= 11 is 0. The third-order valence-corrected chi connectivity index (χ3v) is 2.43. The molecule has 0 aliphatic heterocycles. The van der Waals surface area contributed by atoms with Gasteiger partial charge in [0.1, 0.15) is 11.4 Å². The van der Waals surface area contributed by atoms with Gasteiger partial charge in [-0.1, -0.05) is 12.1 Å². The normalized spacial score (nSPS) is 13.1. The summed E-state index contributed by atoms with van der Waals surface area (Å²) in [7, 11) is 0. The lowest BCUT2D eigenvalue weighted by atomic mass is 10.1. The Hall–Kier alpha value is -1.55. The van der Waals surface area contributed by atoms with Gasteiger partial charge in [-0.3, -0.25) is 4.79 Å². The molecule has 0 spiro atoms. The molecule has 1 aromatic rings. The van der Waals surface area contributed by atoms with E-state index in [1.807, 2.05) is 33.8 Å². The summed E-state index contributed by atoms with van der Waals surface area (Å²) in [5.74, 6) is -0.0595. The third-order valence-electron chi connectivity index (χ3n) is 2.43. The van der Waals surface area contributed by atoms with Crippen molar-refractivity contribution < 1.29 is 19.4 Å². The summed E-state index contributed by atoms with van der Waals surface area (Å²) < 4.78 is 10.7. The second kappa shape index (κ2) is 6.57.